The van der Waals surface area contributed by atoms with Gasteiger partial charge in [-0.15, -0.1) is 0 Å². The standard InChI is InChI=1S/C14H15BrN2O2/c1-19-11-2-3-13(15)12(4-11)14(18)17-7-9-5-16-6-10(9)8-17/h2-4,16H,5-8H2,1H3. The number of nitrogens with zero attached hydrogens (tertiary/aromatic N) is 1. The Morgan fingerprint density at radius 3 is 2.63 bits per heavy atom. The topological polar surface area (TPSA) is 41.6 Å². The van der Waals surface area contributed by atoms with Crippen molar-refractivity contribution < 1.29 is 9.53 Å². The minimum atomic E-state index is 0.0557. The Hall–Kier alpha value is -1.33. The van der Waals surface area contributed by atoms with Crippen molar-refractivity contribution >= 4 is 21.8 Å². The molecule has 0 bridgehead atoms. The molecule has 19 heavy (non-hydrogen) atoms. The molecule has 100 valence electrons. The number of methoxy groups -OCH3 is 1. The van der Waals surface area contributed by atoms with Gasteiger partial charge in [-0.2, -0.15) is 0 Å². The van der Waals surface area contributed by atoms with Crippen LogP contribution in [0.25, 0.3) is 0 Å². The van der Waals surface area contributed by atoms with Crippen LogP contribution in [0.1, 0.15) is 10.4 Å². The van der Waals surface area contributed by atoms with E-state index in [9.17, 15) is 4.79 Å². The van der Waals surface area contributed by atoms with E-state index in [4.69, 9.17) is 4.74 Å². The molecule has 2 aliphatic heterocycles. The fourth-order valence-electron chi connectivity index (χ4n) is 2.58. The molecular formula is C14H15BrN2O2. The van der Waals surface area contributed by atoms with Crippen LogP contribution in [0.2, 0.25) is 0 Å². The summed E-state index contributed by atoms with van der Waals surface area (Å²) >= 11 is 3.44. The molecule has 0 atom stereocenters. The molecule has 0 spiro atoms. The third kappa shape index (κ3) is 2.28. The zero-order valence-corrected chi connectivity index (χ0v) is 12.3. The molecule has 0 aliphatic carbocycles. The Morgan fingerprint density at radius 2 is 2.00 bits per heavy atom. The summed E-state index contributed by atoms with van der Waals surface area (Å²) in [6.45, 7) is 3.31. The second kappa shape index (κ2) is 4.98. The first-order valence-corrected chi connectivity index (χ1v) is 7.01. The van der Waals surface area contributed by atoms with E-state index >= 15 is 0 Å². The van der Waals surface area contributed by atoms with E-state index in [0.717, 1.165) is 30.7 Å². The van der Waals surface area contributed by atoms with Crippen LogP contribution < -0.4 is 10.1 Å². The van der Waals surface area contributed by atoms with Crippen molar-refractivity contribution in [2.75, 3.05) is 33.3 Å². The predicted octanol–water partition coefficient (Wildman–Crippen LogP) is 1.81. The molecule has 0 radical (unpaired) electrons. The number of rotatable bonds is 2. The Morgan fingerprint density at radius 1 is 1.32 bits per heavy atom. The molecule has 0 aromatic heterocycles. The minimum Gasteiger partial charge on any atom is -0.497 e. The number of hydrogen-bond acceptors (Lipinski definition) is 3. The van der Waals surface area contributed by atoms with Crippen LogP contribution in [0.15, 0.2) is 33.8 Å². The summed E-state index contributed by atoms with van der Waals surface area (Å²) in [7, 11) is 1.61. The van der Waals surface area contributed by atoms with Gasteiger partial charge in [0, 0.05) is 30.7 Å². The van der Waals surface area contributed by atoms with E-state index in [0.29, 0.717) is 11.3 Å². The fraction of sp³-hybridized carbons (Fsp3) is 0.357. The average molecular weight is 323 g/mol. The van der Waals surface area contributed by atoms with Crippen molar-refractivity contribution in [1.29, 1.82) is 0 Å². The Bertz CT molecular complexity index is 553. The van der Waals surface area contributed by atoms with Gasteiger partial charge in [0.25, 0.3) is 5.91 Å². The first kappa shape index (κ1) is 12.7. The highest BCUT2D eigenvalue weighted by Gasteiger charge is 2.29. The van der Waals surface area contributed by atoms with E-state index < -0.39 is 0 Å². The van der Waals surface area contributed by atoms with Crippen LogP contribution in [-0.4, -0.2) is 44.1 Å². The normalized spacial score (nSPS) is 17.9. The zero-order valence-electron chi connectivity index (χ0n) is 10.7. The highest BCUT2D eigenvalue weighted by molar-refractivity contribution is 9.10. The predicted molar refractivity (Wildman–Crippen MR) is 76.5 cm³/mol. The third-order valence-corrected chi connectivity index (χ3v) is 4.32. The van der Waals surface area contributed by atoms with Gasteiger partial charge in [-0.1, -0.05) is 0 Å². The molecule has 2 heterocycles. The van der Waals surface area contributed by atoms with Crippen molar-refractivity contribution in [2.45, 2.75) is 0 Å². The van der Waals surface area contributed by atoms with Crippen molar-refractivity contribution in [1.82, 2.24) is 10.2 Å². The Kier molecular flexibility index (Phi) is 3.33. The highest BCUT2D eigenvalue weighted by atomic mass is 79.9. The van der Waals surface area contributed by atoms with E-state index in [-0.39, 0.29) is 5.91 Å². The smallest absolute Gasteiger partial charge is 0.255 e. The van der Waals surface area contributed by atoms with E-state index in [1.807, 2.05) is 17.0 Å². The summed E-state index contributed by atoms with van der Waals surface area (Å²) in [5.74, 6) is 0.757. The van der Waals surface area contributed by atoms with E-state index in [2.05, 4.69) is 21.2 Å². The summed E-state index contributed by atoms with van der Waals surface area (Å²) in [5, 5.41) is 3.31. The second-order valence-corrected chi connectivity index (χ2v) is 5.67. The highest BCUT2D eigenvalue weighted by Crippen LogP contribution is 2.27. The summed E-state index contributed by atoms with van der Waals surface area (Å²) < 4.78 is 5.99. The van der Waals surface area contributed by atoms with Gasteiger partial charge >= 0.3 is 0 Å². The summed E-state index contributed by atoms with van der Waals surface area (Å²) in [6.07, 6.45) is 0. The molecule has 4 nitrogen and oxygen atoms in total. The molecule has 0 unspecified atom stereocenters. The summed E-state index contributed by atoms with van der Waals surface area (Å²) in [6, 6.07) is 5.48. The van der Waals surface area contributed by atoms with Crippen molar-refractivity contribution in [3.63, 3.8) is 0 Å². The lowest BCUT2D eigenvalue weighted by Gasteiger charge is -2.19. The lowest BCUT2D eigenvalue weighted by atomic mass is 10.2. The Labute approximate surface area is 120 Å². The zero-order chi connectivity index (χ0) is 13.4. The van der Waals surface area contributed by atoms with Gasteiger partial charge in [0.05, 0.1) is 12.7 Å². The summed E-state index contributed by atoms with van der Waals surface area (Å²) in [4.78, 5) is 14.5. The molecule has 1 N–H and O–H groups in total. The van der Waals surface area contributed by atoms with Crippen molar-refractivity contribution in [3.05, 3.63) is 39.4 Å². The number of carbonyl (C=O) groups is 1. The molecule has 3 rings (SSSR count). The molecule has 1 aromatic carbocycles. The van der Waals surface area contributed by atoms with Crippen molar-refractivity contribution in [2.24, 2.45) is 0 Å². The monoisotopic (exact) mass is 322 g/mol. The lowest BCUT2D eigenvalue weighted by Crippen LogP contribution is -2.32. The molecule has 1 amide bonds. The van der Waals surface area contributed by atoms with Crippen LogP contribution in [0.5, 0.6) is 5.75 Å². The first-order valence-electron chi connectivity index (χ1n) is 6.22. The van der Waals surface area contributed by atoms with E-state index in [1.165, 1.54) is 11.1 Å². The van der Waals surface area contributed by atoms with Gasteiger partial charge in [0.15, 0.2) is 0 Å². The number of ether oxygens (including phenoxy) is 1. The van der Waals surface area contributed by atoms with Crippen LogP contribution in [-0.2, 0) is 0 Å². The lowest BCUT2D eigenvalue weighted by molar-refractivity contribution is 0.0793. The fourth-order valence-corrected chi connectivity index (χ4v) is 2.99. The second-order valence-electron chi connectivity index (χ2n) is 4.82. The van der Waals surface area contributed by atoms with Crippen LogP contribution >= 0.6 is 15.9 Å². The average Bonchev–Trinajstić information content (AvgIpc) is 2.99. The number of carbonyl (C=O) groups excluding carboxylic acids is 1. The Balaban J connectivity index is 1.81. The van der Waals surface area contributed by atoms with Gasteiger partial charge in [0.1, 0.15) is 5.75 Å². The molecule has 1 aromatic rings. The quantitative estimate of drug-likeness (QED) is 0.844. The van der Waals surface area contributed by atoms with Crippen LogP contribution in [0.3, 0.4) is 0 Å². The molecule has 2 aliphatic rings. The molecular weight excluding hydrogens is 308 g/mol. The first-order chi connectivity index (χ1) is 9.19. The van der Waals surface area contributed by atoms with Gasteiger partial charge in [-0.25, -0.2) is 0 Å². The van der Waals surface area contributed by atoms with Crippen LogP contribution in [0.4, 0.5) is 0 Å². The minimum absolute atomic E-state index is 0.0557. The molecule has 0 saturated carbocycles. The molecule has 5 heteroatoms. The maximum Gasteiger partial charge on any atom is 0.255 e. The third-order valence-electron chi connectivity index (χ3n) is 3.63. The number of benzene rings is 1. The van der Waals surface area contributed by atoms with Crippen LogP contribution in [0, 0.1) is 0 Å². The molecule has 0 fully saturated rings. The van der Waals surface area contributed by atoms with Crippen molar-refractivity contribution in [3.8, 4) is 5.75 Å². The SMILES string of the molecule is COc1ccc(Br)c(C(=O)N2CC3=C(CNC3)C2)c1. The van der Waals surface area contributed by atoms with Gasteiger partial charge in [-0.05, 0) is 45.3 Å². The van der Waals surface area contributed by atoms with Gasteiger partial charge in [0.2, 0.25) is 0 Å². The van der Waals surface area contributed by atoms with Gasteiger partial charge < -0.3 is 15.0 Å². The van der Waals surface area contributed by atoms with Gasteiger partial charge in [-0.3, -0.25) is 4.79 Å². The van der Waals surface area contributed by atoms with E-state index in [1.54, 1.807) is 13.2 Å². The largest absolute Gasteiger partial charge is 0.497 e. The number of halogens is 1. The number of hydrogen-bond donors (Lipinski definition) is 1. The molecule has 0 saturated heterocycles. The number of amides is 1. The maximum absolute atomic E-state index is 12.6. The summed E-state index contributed by atoms with van der Waals surface area (Å²) in [5.41, 5.74) is 3.40. The maximum atomic E-state index is 12.6. The number of nitrogens with one attached hydrogen (secondary N) is 1.